The third-order valence-corrected chi connectivity index (χ3v) is 6.46. The first-order chi connectivity index (χ1) is 18.6. The van der Waals surface area contributed by atoms with Gasteiger partial charge in [-0.05, 0) is 75.1 Å². The van der Waals surface area contributed by atoms with Gasteiger partial charge < -0.3 is 19.4 Å². The van der Waals surface area contributed by atoms with Crippen molar-refractivity contribution >= 4 is 23.0 Å². The van der Waals surface area contributed by atoms with Crippen LogP contribution in [0.15, 0.2) is 72.8 Å². The second kappa shape index (κ2) is 13.5. The number of aryl methyl sites for hydroxylation is 3. The summed E-state index contributed by atoms with van der Waals surface area (Å²) >= 11 is 0. The van der Waals surface area contributed by atoms with E-state index in [9.17, 15) is 4.79 Å². The summed E-state index contributed by atoms with van der Waals surface area (Å²) in [4.78, 5) is 17.3. The van der Waals surface area contributed by atoms with Gasteiger partial charge in [0.25, 0.3) is 5.91 Å². The number of nitrogens with zero attached hydrogens (tertiary/aromatic N) is 2. The number of hydrogen-bond acceptors (Lipinski definition) is 4. The van der Waals surface area contributed by atoms with Crippen LogP contribution in [0.1, 0.15) is 53.5 Å². The summed E-state index contributed by atoms with van der Waals surface area (Å²) in [5.74, 6) is 2.54. The van der Waals surface area contributed by atoms with E-state index in [2.05, 4.69) is 28.1 Å². The molecule has 3 aromatic carbocycles. The average Bonchev–Trinajstić information content (AvgIpc) is 3.28. The molecule has 1 aromatic heterocycles. The Morgan fingerprint density at radius 2 is 1.87 bits per heavy atom. The Morgan fingerprint density at radius 3 is 2.68 bits per heavy atom. The van der Waals surface area contributed by atoms with Crippen LogP contribution in [-0.4, -0.2) is 35.7 Å². The molecule has 0 spiro atoms. The number of amides is 1. The minimum Gasteiger partial charge on any atom is -0.493 e. The molecule has 4 rings (SSSR count). The molecule has 0 aliphatic rings. The van der Waals surface area contributed by atoms with Gasteiger partial charge in [0.05, 0.1) is 24.8 Å². The number of aromatic nitrogens is 2. The van der Waals surface area contributed by atoms with Crippen LogP contribution in [0.3, 0.4) is 0 Å². The number of ether oxygens (including phenoxy) is 2. The Hall–Kier alpha value is -4.06. The number of rotatable bonds is 13. The molecule has 0 saturated heterocycles. The number of benzene rings is 3. The van der Waals surface area contributed by atoms with E-state index in [0.717, 1.165) is 71.7 Å². The zero-order valence-corrected chi connectivity index (χ0v) is 22.6. The summed E-state index contributed by atoms with van der Waals surface area (Å²) < 4.78 is 13.8. The number of methoxy groups -OCH3 is 1. The van der Waals surface area contributed by atoms with Gasteiger partial charge in [0.15, 0.2) is 11.5 Å². The SMILES string of the molecule is C/C=C/c1ccc(OCCCCn2c(CCCNC(=O)c3cccc(C)c3)nc3ccccc32)c(OC)c1. The lowest BCUT2D eigenvalue weighted by molar-refractivity contribution is 0.0953. The van der Waals surface area contributed by atoms with E-state index in [0.29, 0.717) is 18.7 Å². The van der Waals surface area contributed by atoms with Crippen LogP contribution in [0.4, 0.5) is 0 Å². The van der Waals surface area contributed by atoms with Gasteiger partial charge in [0.2, 0.25) is 0 Å². The van der Waals surface area contributed by atoms with Crippen LogP contribution >= 0.6 is 0 Å². The summed E-state index contributed by atoms with van der Waals surface area (Å²) in [6.45, 7) is 6.08. The number of unbranched alkanes of at least 4 members (excludes halogenated alkanes) is 1. The summed E-state index contributed by atoms with van der Waals surface area (Å²) in [6, 6.07) is 21.9. The molecular formula is C32H37N3O3. The van der Waals surface area contributed by atoms with Crippen LogP contribution in [0.2, 0.25) is 0 Å². The van der Waals surface area contributed by atoms with Gasteiger partial charge in [0, 0.05) is 25.1 Å². The lowest BCUT2D eigenvalue weighted by Crippen LogP contribution is -2.25. The quantitative estimate of drug-likeness (QED) is 0.205. The molecule has 6 heteroatoms. The molecule has 0 radical (unpaired) electrons. The molecule has 0 bridgehead atoms. The minimum atomic E-state index is -0.0321. The first kappa shape index (κ1) is 27.0. The Labute approximate surface area is 225 Å². The van der Waals surface area contributed by atoms with Crippen molar-refractivity contribution in [3.63, 3.8) is 0 Å². The van der Waals surface area contributed by atoms with E-state index in [4.69, 9.17) is 14.5 Å². The monoisotopic (exact) mass is 511 g/mol. The van der Waals surface area contributed by atoms with Crippen molar-refractivity contribution in [2.24, 2.45) is 0 Å². The second-order valence-corrected chi connectivity index (χ2v) is 9.36. The average molecular weight is 512 g/mol. The highest BCUT2D eigenvalue weighted by atomic mass is 16.5. The highest BCUT2D eigenvalue weighted by molar-refractivity contribution is 5.94. The molecule has 1 amide bonds. The van der Waals surface area contributed by atoms with E-state index < -0.39 is 0 Å². The molecule has 0 aliphatic carbocycles. The summed E-state index contributed by atoms with van der Waals surface area (Å²) in [6.07, 6.45) is 7.55. The van der Waals surface area contributed by atoms with Gasteiger partial charge in [-0.25, -0.2) is 4.98 Å². The van der Waals surface area contributed by atoms with E-state index in [1.54, 1.807) is 7.11 Å². The molecule has 0 aliphatic heterocycles. The molecular weight excluding hydrogens is 474 g/mol. The van der Waals surface area contributed by atoms with E-state index in [1.807, 2.05) is 74.5 Å². The predicted molar refractivity (Wildman–Crippen MR) is 154 cm³/mol. The van der Waals surface area contributed by atoms with E-state index >= 15 is 0 Å². The number of carbonyl (C=O) groups excluding carboxylic acids is 1. The molecule has 0 saturated carbocycles. The van der Waals surface area contributed by atoms with Crippen LogP contribution in [0, 0.1) is 6.92 Å². The largest absolute Gasteiger partial charge is 0.493 e. The number of fused-ring (bicyclic) bond motifs is 1. The van der Waals surface area contributed by atoms with Crippen LogP contribution < -0.4 is 14.8 Å². The maximum absolute atomic E-state index is 12.5. The Balaban J connectivity index is 1.30. The van der Waals surface area contributed by atoms with E-state index in [1.165, 1.54) is 0 Å². The topological polar surface area (TPSA) is 65.4 Å². The molecule has 1 N–H and O–H groups in total. The van der Waals surface area contributed by atoms with Crippen molar-refractivity contribution in [1.29, 1.82) is 0 Å². The smallest absolute Gasteiger partial charge is 0.251 e. The summed E-state index contributed by atoms with van der Waals surface area (Å²) in [5.41, 5.74) is 5.02. The number of allylic oxidation sites excluding steroid dienone is 1. The zero-order chi connectivity index (χ0) is 26.7. The minimum absolute atomic E-state index is 0.0321. The fourth-order valence-corrected chi connectivity index (χ4v) is 4.56. The Kier molecular flexibility index (Phi) is 9.57. The molecule has 1 heterocycles. The van der Waals surface area contributed by atoms with Crippen molar-refractivity contribution < 1.29 is 14.3 Å². The zero-order valence-electron chi connectivity index (χ0n) is 22.6. The van der Waals surface area contributed by atoms with Gasteiger partial charge >= 0.3 is 0 Å². The van der Waals surface area contributed by atoms with Crippen LogP contribution in [0.25, 0.3) is 17.1 Å². The third kappa shape index (κ3) is 7.03. The van der Waals surface area contributed by atoms with Crippen LogP contribution in [-0.2, 0) is 13.0 Å². The van der Waals surface area contributed by atoms with Gasteiger partial charge in [0.1, 0.15) is 5.82 Å². The van der Waals surface area contributed by atoms with Gasteiger partial charge in [-0.2, -0.15) is 0 Å². The van der Waals surface area contributed by atoms with Crippen molar-refractivity contribution in [3.8, 4) is 11.5 Å². The normalized spacial score (nSPS) is 11.2. The second-order valence-electron chi connectivity index (χ2n) is 9.36. The predicted octanol–water partition coefficient (Wildman–Crippen LogP) is 6.61. The van der Waals surface area contributed by atoms with Crippen LogP contribution in [0.5, 0.6) is 11.5 Å². The maximum Gasteiger partial charge on any atom is 0.251 e. The van der Waals surface area contributed by atoms with Gasteiger partial charge in [-0.3, -0.25) is 4.79 Å². The fraction of sp³-hybridized carbons (Fsp3) is 0.312. The first-order valence-corrected chi connectivity index (χ1v) is 13.3. The standard InChI is InChI=1S/C32H37N3O3/c1-4-11-25-17-18-29(30(23-25)37-3)38-21-8-7-20-35-28-15-6-5-14-27(28)34-31(35)16-10-19-33-32(36)26-13-9-12-24(2)22-26/h4-6,9,11-15,17-18,22-23H,7-8,10,16,19-21H2,1-3H3,(H,33,36)/b11-4+. The van der Waals surface area contributed by atoms with Crippen molar-refractivity contribution in [2.75, 3.05) is 20.3 Å². The van der Waals surface area contributed by atoms with Gasteiger partial charge in [-0.15, -0.1) is 0 Å². The van der Waals surface area contributed by atoms with Crippen molar-refractivity contribution in [1.82, 2.24) is 14.9 Å². The van der Waals surface area contributed by atoms with Crippen molar-refractivity contribution in [2.45, 2.75) is 46.1 Å². The lowest BCUT2D eigenvalue weighted by atomic mass is 10.1. The molecule has 0 fully saturated rings. The number of carbonyl (C=O) groups is 1. The third-order valence-electron chi connectivity index (χ3n) is 6.46. The summed E-state index contributed by atoms with van der Waals surface area (Å²) in [5, 5.41) is 3.04. The highest BCUT2D eigenvalue weighted by Crippen LogP contribution is 2.29. The number of imidazole rings is 1. The molecule has 4 aromatic rings. The molecule has 38 heavy (non-hydrogen) atoms. The molecule has 6 nitrogen and oxygen atoms in total. The first-order valence-electron chi connectivity index (χ1n) is 13.3. The maximum atomic E-state index is 12.5. The molecule has 198 valence electrons. The lowest BCUT2D eigenvalue weighted by Gasteiger charge is -2.12. The number of nitrogens with one attached hydrogen (secondary N) is 1. The number of para-hydroxylation sites is 2. The summed E-state index contributed by atoms with van der Waals surface area (Å²) in [7, 11) is 1.67. The molecule has 0 unspecified atom stereocenters. The van der Waals surface area contributed by atoms with Crippen molar-refractivity contribution in [3.05, 3.63) is 95.3 Å². The number of hydrogen-bond donors (Lipinski definition) is 1. The van der Waals surface area contributed by atoms with Gasteiger partial charge in [-0.1, -0.05) is 48.0 Å². The highest BCUT2D eigenvalue weighted by Gasteiger charge is 2.11. The fourth-order valence-electron chi connectivity index (χ4n) is 4.56. The Morgan fingerprint density at radius 1 is 1.00 bits per heavy atom. The molecule has 0 atom stereocenters. The van der Waals surface area contributed by atoms with E-state index in [-0.39, 0.29) is 5.91 Å². The Bertz CT molecular complexity index is 1390.